The van der Waals surface area contributed by atoms with Crippen LogP contribution in [0, 0.1) is 0 Å². The molecule has 0 aliphatic carbocycles. The van der Waals surface area contributed by atoms with Crippen molar-refractivity contribution in [3.05, 3.63) is 30.0 Å². The Bertz CT molecular complexity index is 638. The van der Waals surface area contributed by atoms with Crippen LogP contribution >= 0.6 is 0 Å². The molecular formula is C13H14N4O2. The Hall–Kier alpha value is -2.21. The molecule has 0 unspecified atom stereocenters. The fourth-order valence-corrected chi connectivity index (χ4v) is 2.28. The van der Waals surface area contributed by atoms with E-state index < -0.39 is 5.97 Å². The molecule has 6 nitrogen and oxygen atoms in total. The predicted molar refractivity (Wildman–Crippen MR) is 71.4 cm³/mol. The highest BCUT2D eigenvalue weighted by Crippen LogP contribution is 2.18. The topological polar surface area (TPSA) is 78.4 Å². The van der Waals surface area contributed by atoms with E-state index in [4.69, 9.17) is 5.11 Å². The quantitative estimate of drug-likeness (QED) is 0.857. The van der Waals surface area contributed by atoms with E-state index in [1.54, 1.807) is 24.4 Å². The van der Waals surface area contributed by atoms with Gasteiger partial charge in [0.25, 0.3) is 0 Å². The highest BCUT2D eigenvalue weighted by Gasteiger charge is 2.23. The Morgan fingerprint density at radius 3 is 2.95 bits per heavy atom. The highest BCUT2D eigenvalue weighted by atomic mass is 16.4. The van der Waals surface area contributed by atoms with Gasteiger partial charge in [0, 0.05) is 24.7 Å². The van der Waals surface area contributed by atoms with Gasteiger partial charge >= 0.3 is 5.97 Å². The number of hydrogen-bond donors (Lipinski definition) is 2. The maximum absolute atomic E-state index is 11.1. The number of carbonyl (C=O) groups is 1. The van der Waals surface area contributed by atoms with Gasteiger partial charge in [-0.3, -0.25) is 0 Å². The standard InChI is InChI=1S/C13H14N4O2/c1-17-6-8(7-17)15-13-14-5-10-9(12(18)19)3-2-4-11(10)16-13/h2-5,8H,6-7H2,1H3,(H,18,19)(H,14,15,16). The highest BCUT2D eigenvalue weighted by molar-refractivity contribution is 6.02. The van der Waals surface area contributed by atoms with Crippen molar-refractivity contribution in [2.75, 3.05) is 25.5 Å². The van der Waals surface area contributed by atoms with Crippen LogP contribution in [0.1, 0.15) is 10.4 Å². The number of benzene rings is 1. The summed E-state index contributed by atoms with van der Waals surface area (Å²) in [5.41, 5.74) is 0.873. The van der Waals surface area contributed by atoms with Gasteiger partial charge in [-0.1, -0.05) is 6.07 Å². The average molecular weight is 258 g/mol. The van der Waals surface area contributed by atoms with E-state index in [1.807, 2.05) is 0 Å². The van der Waals surface area contributed by atoms with Crippen molar-refractivity contribution in [1.82, 2.24) is 14.9 Å². The van der Waals surface area contributed by atoms with Crippen molar-refractivity contribution in [2.45, 2.75) is 6.04 Å². The fraction of sp³-hybridized carbons (Fsp3) is 0.308. The molecule has 1 fully saturated rings. The van der Waals surface area contributed by atoms with Crippen LogP contribution in [0.3, 0.4) is 0 Å². The average Bonchev–Trinajstić information content (AvgIpc) is 2.36. The third kappa shape index (κ3) is 2.22. The zero-order valence-corrected chi connectivity index (χ0v) is 10.5. The summed E-state index contributed by atoms with van der Waals surface area (Å²) in [5.74, 6) is -0.413. The van der Waals surface area contributed by atoms with Crippen molar-refractivity contribution < 1.29 is 9.90 Å². The number of carboxylic acids is 1. The largest absolute Gasteiger partial charge is 0.478 e. The molecule has 0 spiro atoms. The third-order valence-electron chi connectivity index (χ3n) is 3.25. The molecule has 1 saturated heterocycles. The molecule has 0 amide bonds. The molecule has 98 valence electrons. The second kappa shape index (κ2) is 4.47. The van der Waals surface area contributed by atoms with Crippen molar-refractivity contribution in [3.63, 3.8) is 0 Å². The van der Waals surface area contributed by atoms with Crippen molar-refractivity contribution >= 4 is 22.8 Å². The van der Waals surface area contributed by atoms with E-state index in [9.17, 15) is 4.79 Å². The van der Waals surface area contributed by atoms with Crippen LogP contribution in [0.25, 0.3) is 10.9 Å². The Morgan fingerprint density at radius 2 is 2.26 bits per heavy atom. The summed E-state index contributed by atoms with van der Waals surface area (Å²) in [5, 5.41) is 12.9. The first-order chi connectivity index (χ1) is 9.13. The first kappa shape index (κ1) is 11.9. The molecule has 3 rings (SSSR count). The Labute approximate surface area is 110 Å². The monoisotopic (exact) mass is 258 g/mol. The summed E-state index contributed by atoms with van der Waals surface area (Å²) in [6.07, 6.45) is 1.57. The molecular weight excluding hydrogens is 244 g/mol. The zero-order chi connectivity index (χ0) is 13.4. The van der Waals surface area contributed by atoms with E-state index in [2.05, 4.69) is 27.2 Å². The van der Waals surface area contributed by atoms with E-state index in [0.29, 0.717) is 22.9 Å². The van der Waals surface area contributed by atoms with E-state index in [1.165, 1.54) is 0 Å². The van der Waals surface area contributed by atoms with Gasteiger partial charge in [0.1, 0.15) is 0 Å². The Morgan fingerprint density at radius 1 is 1.47 bits per heavy atom. The van der Waals surface area contributed by atoms with E-state index in [-0.39, 0.29) is 5.56 Å². The van der Waals surface area contributed by atoms with Crippen LogP contribution in [0.5, 0.6) is 0 Å². The van der Waals surface area contributed by atoms with Gasteiger partial charge in [0.2, 0.25) is 5.95 Å². The maximum Gasteiger partial charge on any atom is 0.336 e. The number of hydrogen-bond acceptors (Lipinski definition) is 5. The van der Waals surface area contributed by atoms with Crippen LogP contribution in [0.4, 0.5) is 5.95 Å². The summed E-state index contributed by atoms with van der Waals surface area (Å²) in [6, 6.07) is 5.41. The number of nitrogens with one attached hydrogen (secondary N) is 1. The fourth-order valence-electron chi connectivity index (χ4n) is 2.28. The number of anilines is 1. The number of carboxylic acid groups (broad SMARTS) is 1. The lowest BCUT2D eigenvalue weighted by Gasteiger charge is -2.36. The smallest absolute Gasteiger partial charge is 0.336 e. The molecule has 1 aromatic heterocycles. The minimum absolute atomic E-state index is 0.229. The number of likely N-dealkylation sites (tertiary alicyclic amines) is 1. The number of rotatable bonds is 3. The summed E-state index contributed by atoms with van der Waals surface area (Å²) < 4.78 is 0. The van der Waals surface area contributed by atoms with Gasteiger partial charge in [0.15, 0.2) is 0 Å². The summed E-state index contributed by atoms with van der Waals surface area (Å²) in [4.78, 5) is 21.8. The van der Waals surface area contributed by atoms with Gasteiger partial charge in [-0.2, -0.15) is 0 Å². The van der Waals surface area contributed by atoms with Crippen LogP contribution < -0.4 is 5.32 Å². The number of fused-ring (bicyclic) bond motifs is 1. The summed E-state index contributed by atoms with van der Waals surface area (Å²) in [7, 11) is 2.05. The second-order valence-corrected chi connectivity index (χ2v) is 4.80. The number of aromatic nitrogens is 2. The number of likely N-dealkylation sites (N-methyl/N-ethyl adjacent to an activating group) is 1. The summed E-state index contributed by atoms with van der Waals surface area (Å²) in [6.45, 7) is 1.94. The zero-order valence-electron chi connectivity index (χ0n) is 10.5. The molecule has 0 saturated carbocycles. The maximum atomic E-state index is 11.1. The predicted octanol–water partition coefficient (Wildman–Crippen LogP) is 1.05. The molecule has 1 aliphatic heterocycles. The second-order valence-electron chi connectivity index (χ2n) is 4.80. The minimum Gasteiger partial charge on any atom is -0.478 e. The number of aromatic carboxylic acids is 1. The van der Waals surface area contributed by atoms with Crippen LogP contribution in [-0.2, 0) is 0 Å². The number of nitrogens with zero attached hydrogens (tertiary/aromatic N) is 3. The lowest BCUT2D eigenvalue weighted by molar-refractivity contribution is 0.0699. The molecule has 0 bridgehead atoms. The molecule has 2 heterocycles. The normalized spacial score (nSPS) is 16.3. The van der Waals surface area contributed by atoms with Crippen LogP contribution in [0.2, 0.25) is 0 Å². The molecule has 1 aliphatic rings. The first-order valence-corrected chi connectivity index (χ1v) is 6.07. The lowest BCUT2D eigenvalue weighted by atomic mass is 10.1. The molecule has 1 aromatic carbocycles. The van der Waals surface area contributed by atoms with E-state index in [0.717, 1.165) is 13.1 Å². The molecule has 0 radical (unpaired) electrons. The third-order valence-corrected chi connectivity index (χ3v) is 3.25. The van der Waals surface area contributed by atoms with Crippen molar-refractivity contribution in [2.24, 2.45) is 0 Å². The Kier molecular flexibility index (Phi) is 2.79. The molecule has 19 heavy (non-hydrogen) atoms. The van der Waals surface area contributed by atoms with Crippen molar-refractivity contribution in [3.8, 4) is 0 Å². The van der Waals surface area contributed by atoms with Gasteiger partial charge in [-0.05, 0) is 19.2 Å². The summed E-state index contributed by atoms with van der Waals surface area (Å²) >= 11 is 0. The molecule has 6 heteroatoms. The Balaban J connectivity index is 1.91. The molecule has 0 atom stereocenters. The van der Waals surface area contributed by atoms with Gasteiger partial charge in [-0.25, -0.2) is 14.8 Å². The van der Waals surface area contributed by atoms with Crippen LogP contribution in [-0.4, -0.2) is 52.1 Å². The molecule has 2 N–H and O–H groups in total. The van der Waals surface area contributed by atoms with E-state index >= 15 is 0 Å². The minimum atomic E-state index is -0.962. The first-order valence-electron chi connectivity index (χ1n) is 6.07. The van der Waals surface area contributed by atoms with Gasteiger partial charge in [-0.15, -0.1) is 0 Å². The SMILES string of the molecule is CN1CC(Nc2ncc3c(C(=O)O)cccc3n2)C1. The van der Waals surface area contributed by atoms with Gasteiger partial charge in [0.05, 0.1) is 17.1 Å². The lowest BCUT2D eigenvalue weighted by Crippen LogP contribution is -2.52. The molecule has 2 aromatic rings. The van der Waals surface area contributed by atoms with Crippen LogP contribution in [0.15, 0.2) is 24.4 Å². The van der Waals surface area contributed by atoms with Gasteiger partial charge < -0.3 is 15.3 Å². The van der Waals surface area contributed by atoms with Crippen molar-refractivity contribution in [1.29, 1.82) is 0 Å².